The Morgan fingerprint density at radius 3 is 2.74 bits per heavy atom. The molecule has 1 unspecified atom stereocenters. The summed E-state index contributed by atoms with van der Waals surface area (Å²) < 4.78 is 2.28. The van der Waals surface area contributed by atoms with Gasteiger partial charge in [0.15, 0.2) is 0 Å². The van der Waals surface area contributed by atoms with Crippen LogP contribution in [0.2, 0.25) is 0 Å². The summed E-state index contributed by atoms with van der Waals surface area (Å²) in [5.41, 5.74) is 8.36. The predicted octanol–water partition coefficient (Wildman–Crippen LogP) is 4.02. The molecule has 2 heterocycles. The second-order valence-corrected chi connectivity index (χ2v) is 8.39. The van der Waals surface area contributed by atoms with Crippen molar-refractivity contribution in [1.29, 1.82) is 0 Å². The average Bonchev–Trinajstić information content (AvgIpc) is 3.32. The molecule has 4 rings (SSSR count). The van der Waals surface area contributed by atoms with Crippen LogP contribution in [0.3, 0.4) is 0 Å². The summed E-state index contributed by atoms with van der Waals surface area (Å²) in [6.07, 6.45) is 8.56. The van der Waals surface area contributed by atoms with Crippen LogP contribution >= 0.6 is 0 Å². The molecule has 1 saturated carbocycles. The number of carbonyl (C=O) groups is 1. The quantitative estimate of drug-likeness (QED) is 0.867. The highest BCUT2D eigenvalue weighted by Gasteiger charge is 2.39. The summed E-state index contributed by atoms with van der Waals surface area (Å²) in [5.74, 6) is 1.33. The van der Waals surface area contributed by atoms with Gasteiger partial charge in [-0.25, -0.2) is 4.98 Å². The Hall–Kier alpha value is -1.88. The van der Waals surface area contributed by atoms with Gasteiger partial charge >= 0.3 is 0 Å². The molecular weight excluding hydrogens is 336 g/mol. The van der Waals surface area contributed by atoms with Gasteiger partial charge in [0.25, 0.3) is 0 Å². The van der Waals surface area contributed by atoms with E-state index in [1.54, 1.807) is 0 Å². The van der Waals surface area contributed by atoms with Gasteiger partial charge in [0.05, 0.1) is 17.1 Å². The van der Waals surface area contributed by atoms with Crippen LogP contribution in [0.5, 0.6) is 0 Å². The Balaban J connectivity index is 1.60. The van der Waals surface area contributed by atoms with Gasteiger partial charge in [-0.2, -0.15) is 0 Å². The largest absolute Gasteiger partial charge is 0.332 e. The third-order valence-corrected chi connectivity index (χ3v) is 6.74. The second-order valence-electron chi connectivity index (χ2n) is 8.39. The number of nitrogens with two attached hydrogens (primary N) is 1. The van der Waals surface area contributed by atoms with Gasteiger partial charge in [-0.3, -0.25) is 4.79 Å². The van der Waals surface area contributed by atoms with Crippen molar-refractivity contribution >= 4 is 16.9 Å². The molecule has 1 aliphatic heterocycles. The van der Waals surface area contributed by atoms with Gasteiger partial charge in [0.2, 0.25) is 5.91 Å². The van der Waals surface area contributed by atoms with Gasteiger partial charge in [-0.1, -0.05) is 31.4 Å². The minimum Gasteiger partial charge on any atom is -0.332 e. The summed E-state index contributed by atoms with van der Waals surface area (Å²) in [7, 11) is 0. The third-order valence-electron chi connectivity index (χ3n) is 6.74. The van der Waals surface area contributed by atoms with E-state index < -0.39 is 0 Å². The van der Waals surface area contributed by atoms with Crippen LogP contribution in [0.4, 0.5) is 0 Å². The number of rotatable bonds is 5. The van der Waals surface area contributed by atoms with Crippen molar-refractivity contribution in [3.63, 3.8) is 0 Å². The molecule has 5 heteroatoms. The van der Waals surface area contributed by atoms with E-state index in [1.807, 2.05) is 6.07 Å². The molecule has 2 fully saturated rings. The first-order chi connectivity index (χ1) is 13.2. The van der Waals surface area contributed by atoms with Crippen molar-refractivity contribution in [2.75, 3.05) is 13.1 Å². The summed E-state index contributed by atoms with van der Waals surface area (Å²) >= 11 is 0. The first-order valence-electron chi connectivity index (χ1n) is 10.6. The van der Waals surface area contributed by atoms with E-state index in [4.69, 9.17) is 10.7 Å². The molecule has 1 amide bonds. The number of nitrogens with zero attached hydrogens (tertiary/aromatic N) is 3. The summed E-state index contributed by atoms with van der Waals surface area (Å²) in [5, 5.41) is 0. The Labute approximate surface area is 161 Å². The lowest BCUT2D eigenvalue weighted by atomic mass is 9.71. The van der Waals surface area contributed by atoms with Crippen LogP contribution in [0.25, 0.3) is 11.0 Å². The number of aryl methyl sites for hydroxylation is 1. The SMILES string of the molecule is CCn1c(C2CCCN2C(=O)CC2(CN)CCCCC2)nc2ccccc21. The molecule has 2 aromatic rings. The van der Waals surface area contributed by atoms with Crippen LogP contribution in [0.15, 0.2) is 24.3 Å². The maximum atomic E-state index is 13.3. The Morgan fingerprint density at radius 1 is 1.22 bits per heavy atom. The fourth-order valence-electron chi connectivity index (χ4n) is 5.19. The van der Waals surface area contributed by atoms with Gasteiger partial charge < -0.3 is 15.2 Å². The maximum absolute atomic E-state index is 13.3. The zero-order chi connectivity index (χ0) is 18.9. The molecule has 1 saturated heterocycles. The first kappa shape index (κ1) is 18.5. The number of para-hydroxylation sites is 2. The topological polar surface area (TPSA) is 64.2 Å². The molecule has 0 spiro atoms. The summed E-state index contributed by atoms with van der Waals surface area (Å²) in [4.78, 5) is 20.3. The van der Waals surface area contributed by atoms with Crippen LogP contribution in [-0.2, 0) is 11.3 Å². The molecule has 2 aliphatic rings. The summed E-state index contributed by atoms with van der Waals surface area (Å²) in [6, 6.07) is 8.39. The number of imidazole rings is 1. The smallest absolute Gasteiger partial charge is 0.223 e. The number of aromatic nitrogens is 2. The molecule has 0 radical (unpaired) electrons. The van der Waals surface area contributed by atoms with Crippen molar-refractivity contribution < 1.29 is 4.79 Å². The third kappa shape index (κ3) is 3.38. The van der Waals surface area contributed by atoms with E-state index >= 15 is 0 Å². The van der Waals surface area contributed by atoms with E-state index in [1.165, 1.54) is 24.8 Å². The molecule has 2 N–H and O–H groups in total. The minimum atomic E-state index is 0.0212. The van der Waals surface area contributed by atoms with Gasteiger partial charge in [-0.15, -0.1) is 0 Å². The van der Waals surface area contributed by atoms with E-state index in [0.29, 0.717) is 13.0 Å². The monoisotopic (exact) mass is 368 g/mol. The highest BCUT2D eigenvalue weighted by Crippen LogP contribution is 2.41. The summed E-state index contributed by atoms with van der Waals surface area (Å²) in [6.45, 7) is 4.51. The van der Waals surface area contributed by atoms with E-state index in [9.17, 15) is 4.79 Å². The number of likely N-dealkylation sites (tertiary alicyclic amines) is 1. The normalized spacial score (nSPS) is 22.4. The Morgan fingerprint density at radius 2 is 2.00 bits per heavy atom. The lowest BCUT2D eigenvalue weighted by Crippen LogP contribution is -2.40. The number of carbonyl (C=O) groups excluding carboxylic acids is 1. The van der Waals surface area contributed by atoms with E-state index in [2.05, 4.69) is 34.6 Å². The highest BCUT2D eigenvalue weighted by atomic mass is 16.2. The highest BCUT2D eigenvalue weighted by molar-refractivity contribution is 5.79. The predicted molar refractivity (Wildman–Crippen MR) is 108 cm³/mol. The van der Waals surface area contributed by atoms with Crippen molar-refractivity contribution in [3.8, 4) is 0 Å². The van der Waals surface area contributed by atoms with Gasteiger partial charge in [0.1, 0.15) is 5.82 Å². The molecular formula is C22H32N4O. The standard InChI is InChI=1S/C22H32N4O/c1-2-25-18-10-5-4-9-17(18)24-21(25)19-11-8-14-26(19)20(27)15-22(16-23)12-6-3-7-13-22/h4-5,9-10,19H,2-3,6-8,11-16,23H2,1H3. The molecule has 1 atom stereocenters. The van der Waals surface area contributed by atoms with Crippen molar-refractivity contribution in [2.45, 2.75) is 70.9 Å². The van der Waals surface area contributed by atoms with Gasteiger partial charge in [-0.05, 0) is 56.7 Å². The maximum Gasteiger partial charge on any atom is 0.223 e. The number of hydrogen-bond acceptors (Lipinski definition) is 3. The molecule has 1 aliphatic carbocycles. The fourth-order valence-corrected chi connectivity index (χ4v) is 5.19. The molecule has 1 aromatic carbocycles. The molecule has 146 valence electrons. The minimum absolute atomic E-state index is 0.0212. The number of hydrogen-bond donors (Lipinski definition) is 1. The van der Waals surface area contributed by atoms with Gasteiger partial charge in [0, 0.05) is 19.5 Å². The fraction of sp³-hybridized carbons (Fsp3) is 0.636. The lowest BCUT2D eigenvalue weighted by molar-refractivity contribution is -0.135. The lowest BCUT2D eigenvalue weighted by Gasteiger charge is -2.37. The Bertz CT molecular complexity index is 806. The first-order valence-corrected chi connectivity index (χ1v) is 10.6. The molecule has 5 nitrogen and oxygen atoms in total. The molecule has 0 bridgehead atoms. The molecule has 1 aromatic heterocycles. The number of fused-ring (bicyclic) bond motifs is 1. The second kappa shape index (κ2) is 7.63. The van der Waals surface area contributed by atoms with E-state index in [0.717, 1.165) is 50.1 Å². The average molecular weight is 369 g/mol. The number of benzene rings is 1. The molecule has 27 heavy (non-hydrogen) atoms. The zero-order valence-electron chi connectivity index (χ0n) is 16.5. The van der Waals surface area contributed by atoms with Crippen LogP contribution in [-0.4, -0.2) is 33.4 Å². The van der Waals surface area contributed by atoms with Crippen molar-refractivity contribution in [1.82, 2.24) is 14.5 Å². The van der Waals surface area contributed by atoms with E-state index in [-0.39, 0.29) is 17.4 Å². The number of amides is 1. The van der Waals surface area contributed by atoms with Crippen LogP contribution in [0.1, 0.15) is 70.2 Å². The van der Waals surface area contributed by atoms with Crippen LogP contribution < -0.4 is 5.73 Å². The zero-order valence-corrected chi connectivity index (χ0v) is 16.5. The Kier molecular flexibility index (Phi) is 5.22. The van der Waals surface area contributed by atoms with Crippen LogP contribution in [0, 0.1) is 5.41 Å². The van der Waals surface area contributed by atoms with Crippen molar-refractivity contribution in [2.24, 2.45) is 11.1 Å². The van der Waals surface area contributed by atoms with Crippen molar-refractivity contribution in [3.05, 3.63) is 30.1 Å².